The lowest BCUT2D eigenvalue weighted by Gasteiger charge is -2.29. The highest BCUT2D eigenvalue weighted by atomic mass is 19.3. The molecule has 9 heteroatoms. The second kappa shape index (κ2) is 7.70. The Labute approximate surface area is 173 Å². The molecule has 160 valence electrons. The summed E-state index contributed by atoms with van der Waals surface area (Å²) in [6, 6.07) is 6.67. The fourth-order valence-electron chi connectivity index (χ4n) is 4.05. The number of carbonyl (C=O) groups excluding carboxylic acids is 2. The summed E-state index contributed by atoms with van der Waals surface area (Å²) in [6.07, 6.45) is 2.15. The lowest BCUT2D eigenvalue weighted by molar-refractivity contribution is -0.130. The minimum atomic E-state index is -3.18. The van der Waals surface area contributed by atoms with Crippen molar-refractivity contribution in [2.24, 2.45) is 0 Å². The van der Waals surface area contributed by atoms with E-state index in [0.717, 1.165) is 19.8 Å². The van der Waals surface area contributed by atoms with Gasteiger partial charge in [0.1, 0.15) is 23.7 Å². The first kappa shape index (κ1) is 20.3. The molecule has 7 nitrogen and oxygen atoms in total. The normalized spacial score (nSPS) is 16.7. The molecule has 30 heavy (non-hydrogen) atoms. The molecule has 4 rings (SSSR count). The summed E-state index contributed by atoms with van der Waals surface area (Å²) >= 11 is 0. The highest BCUT2D eigenvalue weighted by molar-refractivity contribution is 5.98. The van der Waals surface area contributed by atoms with Gasteiger partial charge in [0.15, 0.2) is 0 Å². The predicted molar refractivity (Wildman–Crippen MR) is 105 cm³/mol. The van der Waals surface area contributed by atoms with Crippen LogP contribution in [-0.4, -0.2) is 64.7 Å². The molecule has 2 aliphatic rings. The summed E-state index contributed by atoms with van der Waals surface area (Å²) in [6.45, 7) is 2.33. The Bertz CT molecular complexity index is 960. The Balaban J connectivity index is 1.70. The van der Waals surface area contributed by atoms with Crippen molar-refractivity contribution in [2.75, 3.05) is 33.3 Å². The van der Waals surface area contributed by atoms with Gasteiger partial charge >= 0.3 is 0 Å². The summed E-state index contributed by atoms with van der Waals surface area (Å²) in [4.78, 5) is 29.0. The average molecular weight is 418 g/mol. The number of methoxy groups -OCH3 is 1. The third-order valence-electron chi connectivity index (χ3n) is 5.62. The number of carbonyl (C=O) groups is 2. The third-order valence-corrected chi connectivity index (χ3v) is 5.62. The van der Waals surface area contributed by atoms with Crippen molar-refractivity contribution >= 4 is 11.8 Å². The van der Waals surface area contributed by atoms with Gasteiger partial charge in [-0.25, -0.2) is 4.68 Å². The molecule has 2 aromatic rings. The maximum Gasteiger partial charge on any atom is 0.289 e. The van der Waals surface area contributed by atoms with Crippen LogP contribution in [0, 0.1) is 0 Å². The minimum absolute atomic E-state index is 0.0517. The van der Waals surface area contributed by atoms with Gasteiger partial charge in [-0.2, -0.15) is 13.9 Å². The van der Waals surface area contributed by atoms with Crippen molar-refractivity contribution in [1.82, 2.24) is 19.6 Å². The second-order valence-electron chi connectivity index (χ2n) is 7.74. The number of hydrogen-bond acceptors (Lipinski definition) is 4. The first-order chi connectivity index (χ1) is 14.3. The van der Waals surface area contributed by atoms with Crippen LogP contribution in [0.2, 0.25) is 0 Å². The quantitative estimate of drug-likeness (QED) is 0.749. The molecule has 0 saturated carbocycles. The van der Waals surface area contributed by atoms with Crippen molar-refractivity contribution < 1.29 is 23.1 Å². The Hall–Kier alpha value is -2.97. The number of halogens is 2. The van der Waals surface area contributed by atoms with Gasteiger partial charge < -0.3 is 14.5 Å². The molecule has 1 aromatic carbocycles. The van der Waals surface area contributed by atoms with Crippen LogP contribution < -0.4 is 4.74 Å². The Morgan fingerprint density at radius 1 is 1.17 bits per heavy atom. The maximum atomic E-state index is 14.2. The molecule has 2 aliphatic heterocycles. The van der Waals surface area contributed by atoms with E-state index in [1.807, 2.05) is 0 Å². The molecule has 0 N–H and O–H groups in total. The first-order valence-electron chi connectivity index (χ1n) is 10.0. The Morgan fingerprint density at radius 2 is 1.83 bits per heavy atom. The van der Waals surface area contributed by atoms with Crippen LogP contribution in [0.1, 0.15) is 41.5 Å². The van der Waals surface area contributed by atoms with Gasteiger partial charge in [-0.05, 0) is 43.5 Å². The molecule has 0 atom stereocenters. The molecule has 0 bridgehead atoms. The third kappa shape index (κ3) is 3.64. The monoisotopic (exact) mass is 418 g/mol. The molecule has 2 amide bonds. The molecule has 0 radical (unpaired) electrons. The zero-order valence-electron chi connectivity index (χ0n) is 17.0. The van der Waals surface area contributed by atoms with Crippen LogP contribution in [0.5, 0.6) is 5.75 Å². The number of aromatic nitrogens is 2. The van der Waals surface area contributed by atoms with E-state index in [1.54, 1.807) is 29.2 Å². The fraction of sp³-hybridized carbons (Fsp3) is 0.476. The van der Waals surface area contributed by atoms with Crippen LogP contribution in [0.25, 0.3) is 5.69 Å². The predicted octanol–water partition coefficient (Wildman–Crippen LogP) is 2.61. The molecular weight excluding hydrogens is 394 g/mol. The lowest BCUT2D eigenvalue weighted by atomic mass is 10.0. The van der Waals surface area contributed by atoms with Crippen LogP contribution in [0.15, 0.2) is 24.3 Å². The van der Waals surface area contributed by atoms with Gasteiger partial charge in [0.25, 0.3) is 11.8 Å². The lowest BCUT2D eigenvalue weighted by Crippen LogP contribution is -2.45. The van der Waals surface area contributed by atoms with Crippen molar-refractivity contribution in [2.45, 2.75) is 32.1 Å². The summed E-state index contributed by atoms with van der Waals surface area (Å²) in [7, 11) is 1.53. The van der Waals surface area contributed by atoms with E-state index in [-0.39, 0.29) is 36.7 Å². The molecule has 0 unspecified atom stereocenters. The highest BCUT2D eigenvalue weighted by Crippen LogP contribution is 2.35. The highest BCUT2D eigenvalue weighted by Gasteiger charge is 2.40. The van der Waals surface area contributed by atoms with E-state index in [4.69, 9.17) is 4.74 Å². The zero-order chi connectivity index (χ0) is 21.5. The number of benzene rings is 1. The maximum absolute atomic E-state index is 14.2. The fourth-order valence-corrected chi connectivity index (χ4v) is 4.05. The summed E-state index contributed by atoms with van der Waals surface area (Å²) in [5.41, 5.74) is 0.418. The molecular formula is C21H24F2N4O3. The number of likely N-dealkylation sites (tertiary alicyclic amines) is 1. The van der Waals surface area contributed by atoms with Crippen LogP contribution in [-0.2, 0) is 17.1 Å². The van der Waals surface area contributed by atoms with Gasteiger partial charge in [-0.15, -0.1) is 0 Å². The summed E-state index contributed by atoms with van der Waals surface area (Å²) in [5.74, 6) is -3.15. The van der Waals surface area contributed by atoms with Crippen molar-refractivity contribution in [3.05, 3.63) is 41.2 Å². The Morgan fingerprint density at radius 3 is 2.43 bits per heavy atom. The topological polar surface area (TPSA) is 67.7 Å². The van der Waals surface area contributed by atoms with E-state index < -0.39 is 17.5 Å². The van der Waals surface area contributed by atoms with E-state index >= 15 is 0 Å². The number of alkyl halides is 2. The number of rotatable bonds is 5. The minimum Gasteiger partial charge on any atom is -0.497 e. The zero-order valence-corrected chi connectivity index (χ0v) is 17.0. The standard InChI is InChI=1S/C21H24F2N4O3/c1-21(22,23)19-16-9-12-26(13-17(28)25-10-3-4-11-25)20(29)18(16)27(24-19)14-5-7-15(30-2)8-6-14/h5-8H,3-4,9-13H2,1-2H3. The number of ether oxygens (including phenoxy) is 1. The van der Waals surface area contributed by atoms with Crippen LogP contribution in [0.4, 0.5) is 8.78 Å². The van der Waals surface area contributed by atoms with E-state index in [0.29, 0.717) is 24.5 Å². The van der Waals surface area contributed by atoms with Crippen LogP contribution in [0.3, 0.4) is 0 Å². The van der Waals surface area contributed by atoms with Gasteiger partial charge in [-0.3, -0.25) is 9.59 Å². The first-order valence-corrected chi connectivity index (χ1v) is 10.0. The van der Waals surface area contributed by atoms with Gasteiger partial charge in [0.05, 0.1) is 12.8 Å². The number of amides is 2. The van der Waals surface area contributed by atoms with Gasteiger partial charge in [0, 0.05) is 32.1 Å². The Kier molecular flexibility index (Phi) is 5.21. The van der Waals surface area contributed by atoms with Crippen molar-refractivity contribution in [3.63, 3.8) is 0 Å². The SMILES string of the molecule is COc1ccc(-n2nc(C(C)(F)F)c3c2C(=O)N(CC(=O)N2CCCC2)CC3)cc1. The molecule has 0 spiro atoms. The van der Waals surface area contributed by atoms with E-state index in [9.17, 15) is 18.4 Å². The molecule has 1 saturated heterocycles. The van der Waals surface area contributed by atoms with Crippen LogP contribution >= 0.6 is 0 Å². The average Bonchev–Trinajstić information content (AvgIpc) is 3.38. The summed E-state index contributed by atoms with van der Waals surface area (Å²) in [5, 5.41) is 4.11. The second-order valence-corrected chi connectivity index (χ2v) is 7.74. The number of fused-ring (bicyclic) bond motifs is 1. The van der Waals surface area contributed by atoms with Crippen molar-refractivity contribution in [3.8, 4) is 11.4 Å². The van der Waals surface area contributed by atoms with E-state index in [1.165, 1.54) is 16.7 Å². The molecule has 3 heterocycles. The largest absolute Gasteiger partial charge is 0.497 e. The van der Waals surface area contributed by atoms with Gasteiger partial charge in [-0.1, -0.05) is 0 Å². The summed E-state index contributed by atoms with van der Waals surface area (Å²) < 4.78 is 34.9. The van der Waals surface area contributed by atoms with Gasteiger partial charge in [0.2, 0.25) is 5.91 Å². The molecule has 1 fully saturated rings. The number of hydrogen-bond donors (Lipinski definition) is 0. The molecule has 1 aromatic heterocycles. The molecule has 0 aliphatic carbocycles. The smallest absolute Gasteiger partial charge is 0.289 e. The van der Waals surface area contributed by atoms with Crippen molar-refractivity contribution in [1.29, 1.82) is 0 Å². The number of nitrogens with zero attached hydrogens (tertiary/aromatic N) is 4. The van der Waals surface area contributed by atoms with E-state index in [2.05, 4.69) is 5.10 Å².